The molecule has 0 spiro atoms. The fraction of sp³-hybridized carbons (Fsp3) is 0.357. The summed E-state index contributed by atoms with van der Waals surface area (Å²) in [6.07, 6.45) is 1.52. The maximum Gasteiger partial charge on any atom is 0.256 e. The molecule has 2 aromatic heterocycles. The molecule has 1 aliphatic rings. The highest BCUT2D eigenvalue weighted by Crippen LogP contribution is 2.30. The number of carbonyl (C=O) groups excluding carboxylic acids is 1. The third kappa shape index (κ3) is 4.67. The second kappa shape index (κ2) is 10.0. The SMILES string of the molecule is Cc1nn(-c2ccccc2)c2nc(CC(C)C)nc(N3CCCN(C(=O)c4ccccc4F)CC3)c12. The molecule has 7 nitrogen and oxygen atoms in total. The summed E-state index contributed by atoms with van der Waals surface area (Å²) >= 11 is 0. The number of carbonyl (C=O) groups is 1. The van der Waals surface area contributed by atoms with Crippen LogP contribution in [0.4, 0.5) is 10.2 Å². The van der Waals surface area contributed by atoms with Gasteiger partial charge in [-0.1, -0.05) is 44.2 Å². The van der Waals surface area contributed by atoms with Crippen LogP contribution in [-0.4, -0.2) is 56.7 Å². The van der Waals surface area contributed by atoms with Crippen molar-refractivity contribution in [3.63, 3.8) is 0 Å². The number of anilines is 1. The Morgan fingerprint density at radius 2 is 1.72 bits per heavy atom. The summed E-state index contributed by atoms with van der Waals surface area (Å²) in [5.74, 6) is 1.30. The standard InChI is InChI=1S/C28H31FN6O/c1-19(2)18-24-30-26(25-20(3)32-35(27(25)31-24)21-10-5-4-6-11-21)33-14-9-15-34(17-16-33)28(36)22-12-7-8-13-23(22)29/h4-8,10-13,19H,9,14-18H2,1-3H3. The Morgan fingerprint density at radius 3 is 2.47 bits per heavy atom. The first-order chi connectivity index (χ1) is 17.4. The van der Waals surface area contributed by atoms with Gasteiger partial charge < -0.3 is 9.80 Å². The van der Waals surface area contributed by atoms with E-state index in [1.807, 2.05) is 41.9 Å². The van der Waals surface area contributed by atoms with Gasteiger partial charge in [-0.05, 0) is 43.5 Å². The lowest BCUT2D eigenvalue weighted by atomic mass is 10.1. The topological polar surface area (TPSA) is 67.2 Å². The van der Waals surface area contributed by atoms with Crippen LogP contribution in [0.2, 0.25) is 0 Å². The minimum Gasteiger partial charge on any atom is -0.354 e. The van der Waals surface area contributed by atoms with Crippen molar-refractivity contribution in [1.29, 1.82) is 0 Å². The Bertz CT molecular complexity index is 1380. The lowest BCUT2D eigenvalue weighted by molar-refractivity contribution is 0.0762. The molecule has 0 unspecified atom stereocenters. The van der Waals surface area contributed by atoms with E-state index in [4.69, 9.17) is 15.1 Å². The highest BCUT2D eigenvalue weighted by atomic mass is 19.1. The zero-order chi connectivity index (χ0) is 25.2. The fourth-order valence-electron chi connectivity index (χ4n) is 4.78. The molecule has 0 radical (unpaired) electrons. The number of rotatable bonds is 5. The highest BCUT2D eigenvalue weighted by Gasteiger charge is 2.26. The van der Waals surface area contributed by atoms with Crippen molar-refractivity contribution in [2.75, 3.05) is 31.1 Å². The number of para-hydroxylation sites is 1. The molecule has 1 aliphatic heterocycles. The first-order valence-electron chi connectivity index (χ1n) is 12.5. The largest absolute Gasteiger partial charge is 0.354 e. The van der Waals surface area contributed by atoms with E-state index in [1.165, 1.54) is 6.07 Å². The Morgan fingerprint density at radius 1 is 0.972 bits per heavy atom. The molecule has 0 saturated carbocycles. The molecule has 3 heterocycles. The van der Waals surface area contributed by atoms with E-state index in [1.54, 1.807) is 23.1 Å². The molecule has 8 heteroatoms. The average molecular weight is 487 g/mol. The molecule has 4 aromatic rings. The molecule has 0 N–H and O–H groups in total. The lowest BCUT2D eigenvalue weighted by Crippen LogP contribution is -2.36. The molecule has 1 saturated heterocycles. The van der Waals surface area contributed by atoms with Crippen molar-refractivity contribution in [1.82, 2.24) is 24.6 Å². The van der Waals surface area contributed by atoms with Gasteiger partial charge in [-0.15, -0.1) is 0 Å². The summed E-state index contributed by atoms with van der Waals surface area (Å²) in [6.45, 7) is 8.70. The molecule has 5 rings (SSSR count). The highest BCUT2D eigenvalue weighted by molar-refractivity contribution is 5.95. The van der Waals surface area contributed by atoms with E-state index in [0.29, 0.717) is 25.6 Å². The van der Waals surface area contributed by atoms with E-state index in [0.717, 1.165) is 53.4 Å². The monoisotopic (exact) mass is 486 g/mol. The Kier molecular flexibility index (Phi) is 6.67. The molecule has 36 heavy (non-hydrogen) atoms. The average Bonchev–Trinajstić information content (AvgIpc) is 3.04. The van der Waals surface area contributed by atoms with Gasteiger partial charge in [-0.2, -0.15) is 5.10 Å². The van der Waals surface area contributed by atoms with Crippen LogP contribution in [0.15, 0.2) is 54.6 Å². The van der Waals surface area contributed by atoms with E-state index in [2.05, 4.69) is 18.7 Å². The molecule has 186 valence electrons. The number of hydrogen-bond acceptors (Lipinski definition) is 5. The number of nitrogens with zero attached hydrogens (tertiary/aromatic N) is 6. The van der Waals surface area contributed by atoms with E-state index >= 15 is 0 Å². The summed E-state index contributed by atoms with van der Waals surface area (Å²) in [5.41, 5.74) is 2.73. The summed E-state index contributed by atoms with van der Waals surface area (Å²) in [4.78, 5) is 27.0. The van der Waals surface area contributed by atoms with Crippen LogP contribution >= 0.6 is 0 Å². The van der Waals surface area contributed by atoms with Gasteiger partial charge in [0.1, 0.15) is 17.5 Å². The number of benzene rings is 2. The molecule has 0 bridgehead atoms. The molecular formula is C28H31FN6O. The van der Waals surface area contributed by atoms with Gasteiger partial charge in [0.15, 0.2) is 5.65 Å². The van der Waals surface area contributed by atoms with Crippen LogP contribution in [0.5, 0.6) is 0 Å². The van der Waals surface area contributed by atoms with Gasteiger partial charge >= 0.3 is 0 Å². The normalized spacial score (nSPS) is 14.5. The van der Waals surface area contributed by atoms with Crippen molar-refractivity contribution in [3.05, 3.63) is 77.5 Å². The Hall–Kier alpha value is -3.81. The summed E-state index contributed by atoms with van der Waals surface area (Å²) in [5, 5.41) is 5.76. The van der Waals surface area contributed by atoms with E-state index < -0.39 is 5.82 Å². The van der Waals surface area contributed by atoms with Crippen LogP contribution in [-0.2, 0) is 6.42 Å². The maximum absolute atomic E-state index is 14.3. The van der Waals surface area contributed by atoms with Crippen LogP contribution in [0.1, 0.15) is 42.1 Å². The van der Waals surface area contributed by atoms with Crippen molar-refractivity contribution in [2.24, 2.45) is 5.92 Å². The van der Waals surface area contributed by atoms with Crippen molar-refractivity contribution < 1.29 is 9.18 Å². The summed E-state index contributed by atoms with van der Waals surface area (Å²) < 4.78 is 16.2. The van der Waals surface area contributed by atoms with Crippen LogP contribution in [0.25, 0.3) is 16.7 Å². The Balaban J connectivity index is 1.51. The molecule has 0 aliphatic carbocycles. The van der Waals surface area contributed by atoms with Gasteiger partial charge in [0.2, 0.25) is 0 Å². The van der Waals surface area contributed by atoms with Crippen molar-refractivity contribution >= 4 is 22.8 Å². The summed E-state index contributed by atoms with van der Waals surface area (Å²) in [6, 6.07) is 16.2. The predicted molar refractivity (Wildman–Crippen MR) is 139 cm³/mol. The van der Waals surface area contributed by atoms with E-state index in [-0.39, 0.29) is 11.5 Å². The van der Waals surface area contributed by atoms with E-state index in [9.17, 15) is 9.18 Å². The predicted octanol–water partition coefficient (Wildman–Crippen LogP) is 4.81. The third-order valence-electron chi connectivity index (χ3n) is 6.51. The number of aromatic nitrogens is 4. The second-order valence-corrected chi connectivity index (χ2v) is 9.71. The zero-order valence-corrected chi connectivity index (χ0v) is 21.0. The third-order valence-corrected chi connectivity index (χ3v) is 6.51. The van der Waals surface area contributed by atoms with Gasteiger partial charge in [-0.3, -0.25) is 4.79 Å². The molecule has 1 fully saturated rings. The minimum atomic E-state index is -0.483. The van der Waals surface area contributed by atoms with Crippen molar-refractivity contribution in [3.8, 4) is 5.69 Å². The smallest absolute Gasteiger partial charge is 0.256 e. The van der Waals surface area contributed by atoms with Gasteiger partial charge in [0, 0.05) is 32.6 Å². The fourth-order valence-corrected chi connectivity index (χ4v) is 4.78. The zero-order valence-electron chi connectivity index (χ0n) is 21.0. The number of amides is 1. The first kappa shape index (κ1) is 23.9. The molecule has 0 atom stereocenters. The van der Waals surface area contributed by atoms with Crippen LogP contribution < -0.4 is 4.90 Å². The molecule has 2 aromatic carbocycles. The lowest BCUT2D eigenvalue weighted by Gasteiger charge is -2.24. The number of hydrogen-bond donors (Lipinski definition) is 0. The van der Waals surface area contributed by atoms with Gasteiger partial charge in [0.25, 0.3) is 5.91 Å². The van der Waals surface area contributed by atoms with Gasteiger partial charge in [0.05, 0.1) is 22.3 Å². The molecule has 1 amide bonds. The number of fused-ring (bicyclic) bond motifs is 1. The maximum atomic E-state index is 14.3. The van der Waals surface area contributed by atoms with Crippen molar-refractivity contribution in [2.45, 2.75) is 33.6 Å². The Labute approximate surface area is 210 Å². The second-order valence-electron chi connectivity index (χ2n) is 9.71. The first-order valence-corrected chi connectivity index (χ1v) is 12.5. The van der Waals surface area contributed by atoms with Crippen LogP contribution in [0.3, 0.4) is 0 Å². The van der Waals surface area contributed by atoms with Gasteiger partial charge in [-0.25, -0.2) is 19.0 Å². The number of aryl methyl sites for hydroxylation is 1. The quantitative estimate of drug-likeness (QED) is 0.405. The number of halogens is 1. The summed E-state index contributed by atoms with van der Waals surface area (Å²) in [7, 11) is 0. The van der Waals surface area contributed by atoms with Crippen LogP contribution in [0, 0.1) is 18.7 Å². The minimum absolute atomic E-state index is 0.120. The molecular weight excluding hydrogens is 455 g/mol.